The van der Waals surface area contributed by atoms with Crippen LogP contribution >= 0.6 is 0 Å². The topological polar surface area (TPSA) is 44.1 Å². The van der Waals surface area contributed by atoms with Gasteiger partial charge in [0.25, 0.3) is 0 Å². The molecule has 4 nitrogen and oxygen atoms in total. The van der Waals surface area contributed by atoms with Gasteiger partial charge in [0.2, 0.25) is 0 Å². The van der Waals surface area contributed by atoms with Gasteiger partial charge in [0.05, 0.1) is 11.0 Å². The molecule has 0 amide bonds. The van der Waals surface area contributed by atoms with Crippen molar-refractivity contribution in [1.29, 1.82) is 0 Å². The molecule has 0 spiro atoms. The zero-order valence-electron chi connectivity index (χ0n) is 37.2. The molecule has 3 aromatic heterocycles. The van der Waals surface area contributed by atoms with Crippen LogP contribution in [0.4, 0.5) is 0 Å². The highest BCUT2D eigenvalue weighted by Gasteiger charge is 2.21. The third-order valence-electron chi connectivity index (χ3n) is 14.3. The van der Waals surface area contributed by atoms with Gasteiger partial charge in [0.1, 0.15) is 28.2 Å². The van der Waals surface area contributed by atoms with Gasteiger partial charge in [-0.1, -0.05) is 152 Å². The average molecular weight is 879 g/mol. The summed E-state index contributed by atoms with van der Waals surface area (Å²) >= 11 is 0. The van der Waals surface area contributed by atoms with E-state index in [1.165, 1.54) is 54.2 Å². The number of benzene rings is 12. The zero-order valence-corrected chi connectivity index (χ0v) is 37.2. The van der Waals surface area contributed by atoms with Crippen LogP contribution in [0.25, 0.3) is 148 Å². The van der Waals surface area contributed by atoms with Crippen LogP contribution in [-0.4, -0.2) is 9.55 Å². The third-order valence-corrected chi connectivity index (χ3v) is 14.3. The van der Waals surface area contributed by atoms with Crippen molar-refractivity contribution in [3.63, 3.8) is 0 Å². The van der Waals surface area contributed by atoms with E-state index in [1.54, 1.807) is 0 Å². The number of hydrogen-bond acceptors (Lipinski definition) is 3. The lowest BCUT2D eigenvalue weighted by molar-refractivity contribution is 0.669. The van der Waals surface area contributed by atoms with Crippen LogP contribution in [0.5, 0.6) is 0 Å². The minimum absolute atomic E-state index is 0.879. The molecule has 69 heavy (non-hydrogen) atoms. The number of nitrogens with zero attached hydrogens (tertiary/aromatic N) is 2. The zero-order chi connectivity index (χ0) is 45.2. The Balaban J connectivity index is 0.957. The molecule has 0 bridgehead atoms. The molecule has 0 aliphatic rings. The van der Waals surface area contributed by atoms with Crippen molar-refractivity contribution in [2.24, 2.45) is 0 Å². The van der Waals surface area contributed by atoms with Crippen molar-refractivity contribution in [3.05, 3.63) is 231 Å². The molecular formula is C65H38N2O2. The smallest absolute Gasteiger partial charge is 0.145 e. The molecule has 0 aliphatic heterocycles. The van der Waals surface area contributed by atoms with Crippen molar-refractivity contribution in [3.8, 4) is 50.5 Å². The SMILES string of the molecule is c1ccc(-n2c(-c3ccc(-c4ccc5c(-c6ccc7oc8cc9ccccc9cc8c7c6)c6ccccc6c(-c6ccc7oc8cc9ccccc9cc8c7c6)c5c4)cc3)nc3ccccc32)cc1. The fourth-order valence-corrected chi connectivity index (χ4v) is 11.1. The first-order valence-corrected chi connectivity index (χ1v) is 23.5. The number of furan rings is 2. The van der Waals surface area contributed by atoms with E-state index in [4.69, 9.17) is 13.8 Å². The Kier molecular flexibility index (Phi) is 8.04. The fraction of sp³-hybridized carbons (Fsp3) is 0. The van der Waals surface area contributed by atoms with E-state index in [0.717, 1.165) is 94.2 Å². The van der Waals surface area contributed by atoms with Gasteiger partial charge in [-0.25, -0.2) is 4.98 Å². The van der Waals surface area contributed by atoms with E-state index in [1.807, 2.05) is 0 Å². The van der Waals surface area contributed by atoms with Crippen LogP contribution in [0.15, 0.2) is 239 Å². The van der Waals surface area contributed by atoms with Crippen LogP contribution in [0, 0.1) is 0 Å². The Morgan fingerprint density at radius 1 is 0.290 bits per heavy atom. The summed E-state index contributed by atoms with van der Waals surface area (Å²) in [5.41, 5.74) is 14.7. The molecule has 0 saturated heterocycles. The second kappa shape index (κ2) is 14.6. The molecule has 320 valence electrons. The molecule has 12 aromatic carbocycles. The normalized spacial score (nSPS) is 12.1. The second-order valence-corrected chi connectivity index (χ2v) is 18.2. The Hall–Kier alpha value is -9.25. The Morgan fingerprint density at radius 2 is 0.739 bits per heavy atom. The van der Waals surface area contributed by atoms with Gasteiger partial charge < -0.3 is 8.83 Å². The van der Waals surface area contributed by atoms with E-state index in [9.17, 15) is 0 Å². The predicted octanol–water partition coefficient (Wildman–Crippen LogP) is 18.1. The second-order valence-electron chi connectivity index (χ2n) is 18.2. The van der Waals surface area contributed by atoms with E-state index < -0.39 is 0 Å². The summed E-state index contributed by atoms with van der Waals surface area (Å²) in [6.07, 6.45) is 0. The van der Waals surface area contributed by atoms with Crippen molar-refractivity contribution in [2.75, 3.05) is 0 Å². The average Bonchev–Trinajstić information content (AvgIpc) is 4.09. The Labute approximate surface area is 395 Å². The first-order chi connectivity index (χ1) is 34.2. The number of para-hydroxylation sites is 3. The largest absolute Gasteiger partial charge is 0.456 e. The quantitative estimate of drug-likeness (QED) is 0.162. The first-order valence-electron chi connectivity index (χ1n) is 23.5. The summed E-state index contributed by atoms with van der Waals surface area (Å²) in [5.74, 6) is 0.913. The summed E-state index contributed by atoms with van der Waals surface area (Å²) in [6, 6.07) is 83.0. The maximum atomic E-state index is 6.54. The maximum Gasteiger partial charge on any atom is 0.145 e. The van der Waals surface area contributed by atoms with Crippen LogP contribution in [0.1, 0.15) is 0 Å². The van der Waals surface area contributed by atoms with E-state index in [0.29, 0.717) is 0 Å². The molecule has 0 unspecified atom stereocenters. The molecule has 3 heterocycles. The lowest BCUT2D eigenvalue weighted by atomic mass is 9.84. The summed E-state index contributed by atoms with van der Waals surface area (Å²) in [4.78, 5) is 5.16. The van der Waals surface area contributed by atoms with Crippen molar-refractivity contribution in [2.45, 2.75) is 0 Å². The summed E-state index contributed by atoms with van der Waals surface area (Å²) in [6.45, 7) is 0. The van der Waals surface area contributed by atoms with Crippen LogP contribution in [0.2, 0.25) is 0 Å². The Morgan fingerprint density at radius 3 is 1.36 bits per heavy atom. The maximum absolute atomic E-state index is 6.54. The molecule has 15 aromatic rings. The molecule has 4 heteroatoms. The minimum Gasteiger partial charge on any atom is -0.456 e. The van der Waals surface area contributed by atoms with Gasteiger partial charge in [-0.15, -0.1) is 0 Å². The third kappa shape index (κ3) is 5.86. The van der Waals surface area contributed by atoms with Crippen molar-refractivity contribution >= 4 is 98.0 Å². The minimum atomic E-state index is 0.879. The standard InChI is InChI=1S/C65H38N2O2/c1-2-16-48(17-3-1)67-58-21-11-10-20-57(58)66-65(67)40-24-22-39(23-25-40)45-26-29-51-56(34-45)64(47-28-31-60-53(36-47)55-33-42-13-5-7-15-44(42)38-62(55)69-60)50-19-9-8-18-49(50)63(51)46-27-30-59-52(35-46)54-32-41-12-4-6-14-43(41)37-61(54)68-59/h1-38H. The number of aromatic nitrogens is 2. The molecule has 0 radical (unpaired) electrons. The van der Waals surface area contributed by atoms with E-state index in [-0.39, 0.29) is 0 Å². The number of fused-ring (bicyclic) bond motifs is 11. The van der Waals surface area contributed by atoms with Gasteiger partial charge in [0, 0.05) is 32.8 Å². The predicted molar refractivity (Wildman–Crippen MR) is 287 cm³/mol. The summed E-state index contributed by atoms with van der Waals surface area (Å²) in [7, 11) is 0. The van der Waals surface area contributed by atoms with Gasteiger partial charge >= 0.3 is 0 Å². The number of imidazole rings is 1. The lowest BCUT2D eigenvalue weighted by Gasteiger charge is -2.19. The molecule has 15 rings (SSSR count). The highest BCUT2D eigenvalue weighted by atomic mass is 16.3. The summed E-state index contributed by atoms with van der Waals surface area (Å²) in [5, 5.41) is 13.9. The van der Waals surface area contributed by atoms with Crippen LogP contribution in [0.3, 0.4) is 0 Å². The number of hydrogen-bond donors (Lipinski definition) is 0. The highest BCUT2D eigenvalue weighted by molar-refractivity contribution is 6.24. The fourth-order valence-electron chi connectivity index (χ4n) is 11.1. The molecule has 0 aliphatic carbocycles. The molecule has 0 N–H and O–H groups in total. The monoisotopic (exact) mass is 878 g/mol. The van der Waals surface area contributed by atoms with Gasteiger partial charge in [-0.05, 0) is 155 Å². The lowest BCUT2D eigenvalue weighted by Crippen LogP contribution is -1.97. The van der Waals surface area contributed by atoms with Crippen molar-refractivity contribution in [1.82, 2.24) is 9.55 Å². The highest BCUT2D eigenvalue weighted by Crippen LogP contribution is 2.47. The van der Waals surface area contributed by atoms with E-state index in [2.05, 4.69) is 235 Å². The molecule has 0 fully saturated rings. The summed E-state index contributed by atoms with van der Waals surface area (Å²) < 4.78 is 15.3. The van der Waals surface area contributed by atoms with Crippen LogP contribution < -0.4 is 0 Å². The molecular weight excluding hydrogens is 841 g/mol. The van der Waals surface area contributed by atoms with Crippen LogP contribution in [-0.2, 0) is 0 Å². The molecule has 0 saturated carbocycles. The first kappa shape index (κ1) is 37.9. The van der Waals surface area contributed by atoms with Gasteiger partial charge in [-0.2, -0.15) is 0 Å². The Bertz CT molecular complexity index is 4590. The molecule has 0 atom stereocenters. The van der Waals surface area contributed by atoms with Gasteiger partial charge in [-0.3, -0.25) is 4.57 Å². The van der Waals surface area contributed by atoms with E-state index >= 15 is 0 Å². The number of rotatable bonds is 5. The van der Waals surface area contributed by atoms with Gasteiger partial charge in [0.15, 0.2) is 0 Å². The van der Waals surface area contributed by atoms with Crippen molar-refractivity contribution < 1.29 is 8.83 Å².